The Balaban J connectivity index is 1.56. The third-order valence-corrected chi connectivity index (χ3v) is 9.64. The van der Waals surface area contributed by atoms with Gasteiger partial charge in [0.15, 0.2) is 0 Å². The van der Waals surface area contributed by atoms with Crippen molar-refractivity contribution < 1.29 is 29.0 Å². The van der Waals surface area contributed by atoms with E-state index in [4.69, 9.17) is 9.47 Å². The van der Waals surface area contributed by atoms with E-state index in [0.717, 1.165) is 14.7 Å². The molecule has 2 N–H and O–H groups in total. The highest BCUT2D eigenvalue weighted by molar-refractivity contribution is 14.1. The molecule has 4 aromatic carbocycles. The summed E-state index contributed by atoms with van der Waals surface area (Å²) in [5.41, 5.74) is 1.77. The van der Waals surface area contributed by atoms with Crippen LogP contribution in [0, 0.1) is 9.49 Å². The SMILES string of the molecule is COc1ccc([C@H]2N3[C@H](C(=O)O[C@H](c4ccccc4)[C@@H]3c3ccccc3)[C@@H](C(=O)O)[C@]23C(=O)Nc2ccc(I)cc23)cc1. The maximum atomic E-state index is 14.5. The largest absolute Gasteiger partial charge is 0.497 e. The van der Waals surface area contributed by atoms with Gasteiger partial charge in [-0.3, -0.25) is 19.3 Å². The molecule has 216 valence electrons. The third kappa shape index (κ3) is 4.09. The van der Waals surface area contributed by atoms with Crippen LogP contribution in [0.5, 0.6) is 5.75 Å². The van der Waals surface area contributed by atoms with E-state index in [1.54, 1.807) is 25.3 Å². The van der Waals surface area contributed by atoms with Gasteiger partial charge in [-0.25, -0.2) is 0 Å². The molecule has 43 heavy (non-hydrogen) atoms. The van der Waals surface area contributed by atoms with E-state index in [9.17, 15) is 19.5 Å². The molecule has 1 spiro atoms. The number of amides is 1. The molecule has 0 unspecified atom stereocenters. The first-order valence-electron chi connectivity index (χ1n) is 13.9. The fourth-order valence-electron chi connectivity index (χ4n) is 7.33. The van der Waals surface area contributed by atoms with E-state index in [2.05, 4.69) is 27.9 Å². The lowest BCUT2D eigenvalue weighted by molar-refractivity contribution is -0.179. The molecule has 0 bridgehead atoms. The summed E-state index contributed by atoms with van der Waals surface area (Å²) in [6, 6.07) is 29.2. The first-order valence-corrected chi connectivity index (χ1v) is 15.0. The minimum atomic E-state index is -1.64. The number of anilines is 1. The van der Waals surface area contributed by atoms with Crippen molar-refractivity contribution >= 4 is 46.1 Å². The number of cyclic esters (lactones) is 1. The number of carbonyl (C=O) groups is 3. The molecule has 2 saturated heterocycles. The lowest BCUT2D eigenvalue weighted by Crippen LogP contribution is -2.52. The number of ether oxygens (including phenoxy) is 2. The molecule has 0 aromatic heterocycles. The summed E-state index contributed by atoms with van der Waals surface area (Å²) in [5, 5.41) is 13.9. The summed E-state index contributed by atoms with van der Waals surface area (Å²) in [4.78, 5) is 44.0. The second-order valence-electron chi connectivity index (χ2n) is 11.0. The highest BCUT2D eigenvalue weighted by Gasteiger charge is 2.74. The van der Waals surface area contributed by atoms with Gasteiger partial charge in [0.05, 0.1) is 19.2 Å². The molecular formula is C34H27IN2O6. The van der Waals surface area contributed by atoms with E-state index in [0.29, 0.717) is 22.6 Å². The molecule has 8 nitrogen and oxygen atoms in total. The number of nitrogens with one attached hydrogen (secondary N) is 1. The van der Waals surface area contributed by atoms with Crippen LogP contribution in [0.2, 0.25) is 0 Å². The van der Waals surface area contributed by atoms with E-state index >= 15 is 0 Å². The van der Waals surface area contributed by atoms with Crippen LogP contribution in [-0.4, -0.2) is 41.0 Å². The summed E-state index contributed by atoms with van der Waals surface area (Å²) >= 11 is 2.17. The number of fused-ring (bicyclic) bond motifs is 3. The van der Waals surface area contributed by atoms with E-state index in [-0.39, 0.29) is 0 Å². The topological polar surface area (TPSA) is 105 Å². The average Bonchev–Trinajstić information content (AvgIpc) is 3.50. The normalized spacial score (nSPS) is 27.7. The number of methoxy groups -OCH3 is 1. The summed E-state index contributed by atoms with van der Waals surface area (Å²) in [7, 11) is 1.57. The second kappa shape index (κ2) is 10.5. The predicted octanol–water partition coefficient (Wildman–Crippen LogP) is 5.66. The highest BCUT2D eigenvalue weighted by Crippen LogP contribution is 2.64. The molecule has 1 amide bonds. The number of morpholine rings is 1. The fraction of sp³-hybridized carbons (Fsp3) is 0.206. The minimum absolute atomic E-state index is 0.456. The van der Waals surface area contributed by atoms with E-state index in [1.165, 1.54) is 0 Å². The molecule has 6 atom stereocenters. The predicted molar refractivity (Wildman–Crippen MR) is 166 cm³/mol. The number of rotatable bonds is 5. The van der Waals surface area contributed by atoms with Crippen LogP contribution in [-0.2, 0) is 24.5 Å². The number of hydrogen-bond acceptors (Lipinski definition) is 6. The van der Waals surface area contributed by atoms with Crippen LogP contribution >= 0.6 is 22.6 Å². The summed E-state index contributed by atoms with van der Waals surface area (Å²) in [6.07, 6.45) is -0.752. The van der Waals surface area contributed by atoms with Gasteiger partial charge < -0.3 is 19.9 Å². The Morgan fingerprint density at radius 3 is 2.16 bits per heavy atom. The average molecular weight is 687 g/mol. The number of esters is 1. The Labute approximate surface area is 261 Å². The Hall–Kier alpha value is -4.22. The molecular weight excluding hydrogens is 659 g/mol. The zero-order valence-electron chi connectivity index (χ0n) is 23.0. The van der Waals surface area contributed by atoms with Crippen LogP contribution < -0.4 is 10.1 Å². The quantitative estimate of drug-likeness (QED) is 0.207. The van der Waals surface area contributed by atoms with Crippen LogP contribution in [0.4, 0.5) is 5.69 Å². The lowest BCUT2D eigenvalue weighted by atomic mass is 9.65. The molecule has 2 fully saturated rings. The molecule has 3 aliphatic rings. The second-order valence-corrected chi connectivity index (χ2v) is 12.3. The van der Waals surface area contributed by atoms with E-state index in [1.807, 2.05) is 89.8 Å². The van der Waals surface area contributed by atoms with Gasteiger partial charge in [-0.1, -0.05) is 72.8 Å². The zero-order valence-corrected chi connectivity index (χ0v) is 25.2. The Morgan fingerprint density at radius 2 is 1.53 bits per heavy atom. The van der Waals surface area contributed by atoms with E-state index < -0.39 is 53.4 Å². The Morgan fingerprint density at radius 1 is 0.884 bits per heavy atom. The van der Waals surface area contributed by atoms with Crippen molar-refractivity contribution in [3.8, 4) is 5.75 Å². The van der Waals surface area contributed by atoms with Gasteiger partial charge >= 0.3 is 11.9 Å². The molecule has 0 saturated carbocycles. The maximum Gasteiger partial charge on any atom is 0.325 e. The van der Waals surface area contributed by atoms with Crippen LogP contribution in [0.3, 0.4) is 0 Å². The molecule has 4 aromatic rings. The first-order chi connectivity index (χ1) is 20.9. The standard InChI is InChI=1S/C34H27IN2O6/c1-42-23-15-12-21(13-16-23)30-34(24-18-22(35)14-17-25(24)36-33(34)41)26(31(38)39)28-32(40)43-29(20-10-6-3-7-11-20)27(37(28)30)19-8-4-2-5-9-19/h2-18,26-30H,1H3,(H,36,41)(H,38,39)/t26-,27-,28-,29+,30+,34-/m0/s1. The first kappa shape index (κ1) is 27.6. The van der Waals surface area contributed by atoms with Crippen molar-refractivity contribution in [2.45, 2.75) is 29.6 Å². The van der Waals surface area contributed by atoms with Crippen molar-refractivity contribution in [1.29, 1.82) is 0 Å². The van der Waals surface area contributed by atoms with Crippen molar-refractivity contribution in [3.63, 3.8) is 0 Å². The van der Waals surface area contributed by atoms with Gasteiger partial charge in [-0.15, -0.1) is 0 Å². The van der Waals surface area contributed by atoms with Crippen molar-refractivity contribution in [1.82, 2.24) is 4.90 Å². The number of aliphatic carboxylic acids is 1. The Bertz CT molecular complexity index is 1730. The van der Waals surface area contributed by atoms with Crippen LogP contribution in [0.15, 0.2) is 103 Å². The number of carboxylic acids is 1. The highest BCUT2D eigenvalue weighted by atomic mass is 127. The van der Waals surface area contributed by atoms with Crippen LogP contribution in [0.25, 0.3) is 0 Å². The van der Waals surface area contributed by atoms with Crippen molar-refractivity contribution in [2.24, 2.45) is 5.92 Å². The van der Waals surface area contributed by atoms with Gasteiger partial charge in [0.25, 0.3) is 0 Å². The van der Waals surface area contributed by atoms with Gasteiger partial charge in [-0.2, -0.15) is 0 Å². The fourth-order valence-corrected chi connectivity index (χ4v) is 7.82. The zero-order chi connectivity index (χ0) is 29.9. The number of carboxylic acid groups (broad SMARTS) is 1. The number of benzene rings is 4. The van der Waals surface area contributed by atoms with Gasteiger partial charge in [0.1, 0.15) is 29.2 Å². The third-order valence-electron chi connectivity index (χ3n) is 8.97. The molecule has 3 aliphatic heterocycles. The van der Waals surface area contributed by atoms with Gasteiger partial charge in [-0.05, 0) is 75.2 Å². The number of nitrogens with zero attached hydrogens (tertiary/aromatic N) is 1. The number of halogens is 1. The minimum Gasteiger partial charge on any atom is -0.497 e. The maximum absolute atomic E-state index is 14.5. The molecule has 9 heteroatoms. The van der Waals surface area contributed by atoms with Crippen molar-refractivity contribution in [2.75, 3.05) is 12.4 Å². The van der Waals surface area contributed by atoms with Crippen molar-refractivity contribution in [3.05, 3.63) is 129 Å². The summed E-state index contributed by atoms with van der Waals surface area (Å²) < 4.78 is 12.5. The number of carbonyl (C=O) groups excluding carboxylic acids is 2. The van der Waals surface area contributed by atoms with Gasteiger partial charge in [0.2, 0.25) is 5.91 Å². The molecule has 3 heterocycles. The smallest absolute Gasteiger partial charge is 0.325 e. The summed E-state index contributed by atoms with van der Waals surface area (Å²) in [6.45, 7) is 0. The summed E-state index contributed by atoms with van der Waals surface area (Å²) in [5.74, 6) is -3.18. The van der Waals surface area contributed by atoms with Crippen LogP contribution in [0.1, 0.15) is 40.4 Å². The molecule has 0 aliphatic carbocycles. The molecule has 0 radical (unpaired) electrons. The number of hydrogen-bond donors (Lipinski definition) is 2. The Kier molecular flexibility index (Phi) is 6.74. The monoisotopic (exact) mass is 686 g/mol. The molecule has 7 rings (SSSR count). The van der Waals surface area contributed by atoms with Gasteiger partial charge in [0, 0.05) is 9.26 Å². The lowest BCUT2D eigenvalue weighted by Gasteiger charge is -2.46.